The summed E-state index contributed by atoms with van der Waals surface area (Å²) in [6.45, 7) is 4.32. The molecule has 31 heavy (non-hydrogen) atoms. The molecule has 0 saturated carbocycles. The van der Waals surface area contributed by atoms with Crippen molar-refractivity contribution in [3.8, 4) is 11.4 Å². The maximum atomic E-state index is 13.1. The van der Waals surface area contributed by atoms with E-state index in [-0.39, 0.29) is 23.2 Å². The number of rotatable bonds is 6. The number of carbonyl (C=O) groups excluding carboxylic acids is 1. The first-order chi connectivity index (χ1) is 14.8. The molecule has 0 atom stereocenters. The molecule has 3 aromatic rings. The highest BCUT2D eigenvalue weighted by atomic mass is 32.2. The average Bonchev–Trinajstić information content (AvgIpc) is 3.39. The highest BCUT2D eigenvalue weighted by molar-refractivity contribution is 7.89. The fourth-order valence-electron chi connectivity index (χ4n) is 3.66. The molecule has 0 bridgehead atoms. The number of fused-ring (bicyclic) bond motifs is 1. The number of hydrogen-bond donors (Lipinski definition) is 0. The molecule has 1 aliphatic heterocycles. The van der Waals surface area contributed by atoms with Crippen LogP contribution < -0.4 is 4.90 Å². The number of anilines is 1. The number of hydrogen-bond acceptors (Lipinski definition) is 6. The molecule has 162 valence electrons. The summed E-state index contributed by atoms with van der Waals surface area (Å²) in [5.74, 6) is 0.665. The van der Waals surface area contributed by atoms with Gasteiger partial charge in [0.15, 0.2) is 0 Å². The van der Waals surface area contributed by atoms with Crippen LogP contribution >= 0.6 is 0 Å². The molecular formula is C22H24N4O4S. The zero-order valence-corrected chi connectivity index (χ0v) is 18.5. The van der Waals surface area contributed by atoms with Gasteiger partial charge in [-0.3, -0.25) is 4.79 Å². The molecule has 0 spiro atoms. The first kappa shape index (κ1) is 21.2. The largest absolute Gasteiger partial charge is 0.338 e. The van der Waals surface area contributed by atoms with E-state index in [0.717, 1.165) is 22.4 Å². The van der Waals surface area contributed by atoms with Crippen LogP contribution in [0, 0.1) is 6.92 Å². The van der Waals surface area contributed by atoms with E-state index >= 15 is 0 Å². The third kappa shape index (κ3) is 4.11. The van der Waals surface area contributed by atoms with Crippen LogP contribution in [0.1, 0.15) is 30.4 Å². The summed E-state index contributed by atoms with van der Waals surface area (Å²) in [5.41, 5.74) is 3.52. The van der Waals surface area contributed by atoms with E-state index in [1.807, 2.05) is 38.1 Å². The van der Waals surface area contributed by atoms with Gasteiger partial charge in [0, 0.05) is 31.3 Å². The van der Waals surface area contributed by atoms with E-state index in [0.29, 0.717) is 25.2 Å². The van der Waals surface area contributed by atoms with E-state index < -0.39 is 10.0 Å². The Morgan fingerprint density at radius 2 is 2.03 bits per heavy atom. The topological polar surface area (TPSA) is 96.6 Å². The predicted molar refractivity (Wildman–Crippen MR) is 116 cm³/mol. The number of amides is 1. The highest BCUT2D eigenvalue weighted by Gasteiger charge is 2.28. The highest BCUT2D eigenvalue weighted by Crippen LogP contribution is 2.31. The Morgan fingerprint density at radius 3 is 2.77 bits per heavy atom. The number of benzene rings is 2. The Morgan fingerprint density at radius 1 is 1.23 bits per heavy atom. The Hall–Kier alpha value is -3.04. The molecule has 0 radical (unpaired) electrons. The van der Waals surface area contributed by atoms with Crippen molar-refractivity contribution in [3.05, 3.63) is 59.5 Å². The molecule has 4 rings (SSSR count). The summed E-state index contributed by atoms with van der Waals surface area (Å²) in [6, 6.07) is 12.6. The number of aromatic nitrogens is 2. The van der Waals surface area contributed by atoms with Crippen molar-refractivity contribution in [1.29, 1.82) is 0 Å². The van der Waals surface area contributed by atoms with E-state index in [2.05, 4.69) is 10.1 Å². The van der Waals surface area contributed by atoms with Gasteiger partial charge < -0.3 is 9.42 Å². The number of nitrogens with zero attached hydrogens (tertiary/aromatic N) is 4. The van der Waals surface area contributed by atoms with E-state index in [4.69, 9.17) is 4.52 Å². The van der Waals surface area contributed by atoms with Gasteiger partial charge in [0.25, 0.3) is 0 Å². The van der Waals surface area contributed by atoms with Crippen LogP contribution in [-0.4, -0.2) is 42.4 Å². The number of sulfonamides is 1. The molecule has 8 nitrogen and oxygen atoms in total. The number of aryl methyl sites for hydroxylation is 1. The van der Waals surface area contributed by atoms with Gasteiger partial charge in [0.05, 0.1) is 11.4 Å². The molecular weight excluding hydrogens is 416 g/mol. The summed E-state index contributed by atoms with van der Waals surface area (Å²) in [6.07, 6.45) is 1.05. The Labute approximate surface area is 181 Å². The summed E-state index contributed by atoms with van der Waals surface area (Å²) in [4.78, 5) is 18.3. The van der Waals surface area contributed by atoms with Crippen LogP contribution in [0.2, 0.25) is 0 Å². The average molecular weight is 441 g/mol. The first-order valence-corrected chi connectivity index (χ1v) is 11.5. The van der Waals surface area contributed by atoms with Crippen molar-refractivity contribution < 1.29 is 17.7 Å². The summed E-state index contributed by atoms with van der Waals surface area (Å²) < 4.78 is 32.6. The lowest BCUT2D eigenvalue weighted by atomic mass is 10.1. The zero-order chi connectivity index (χ0) is 22.2. The molecule has 2 heterocycles. The SMILES string of the molecule is CCC(=O)N1CCc2cc(S(=O)(=O)N(C)Cc3nc(-c4cccc(C)c4)no3)ccc21. The molecule has 0 unspecified atom stereocenters. The third-order valence-corrected chi connectivity index (χ3v) is 7.16. The second kappa shape index (κ2) is 8.24. The molecule has 2 aromatic carbocycles. The van der Waals surface area contributed by atoms with Crippen molar-refractivity contribution >= 4 is 21.6 Å². The first-order valence-electron chi connectivity index (χ1n) is 10.1. The van der Waals surface area contributed by atoms with Crippen molar-refractivity contribution in [1.82, 2.24) is 14.4 Å². The maximum Gasteiger partial charge on any atom is 0.243 e. The minimum absolute atomic E-state index is 0.0345. The molecule has 0 aliphatic carbocycles. The standard InChI is InChI=1S/C22H24N4O4S/c1-4-21(27)26-11-10-16-13-18(8-9-19(16)26)31(28,29)25(3)14-20-23-22(24-30-20)17-7-5-6-15(2)12-17/h5-9,12-13H,4,10-11,14H2,1-3H3. The second-order valence-electron chi connectivity index (χ2n) is 7.58. The summed E-state index contributed by atoms with van der Waals surface area (Å²) >= 11 is 0. The van der Waals surface area contributed by atoms with E-state index in [1.165, 1.54) is 17.4 Å². The monoisotopic (exact) mass is 440 g/mol. The van der Waals surface area contributed by atoms with Crippen LogP contribution in [0.3, 0.4) is 0 Å². The van der Waals surface area contributed by atoms with Crippen molar-refractivity contribution in [2.45, 2.75) is 38.1 Å². The summed E-state index contributed by atoms with van der Waals surface area (Å²) in [7, 11) is -2.28. The van der Waals surface area contributed by atoms with Gasteiger partial charge in [-0.05, 0) is 43.2 Å². The molecule has 0 N–H and O–H groups in total. The minimum atomic E-state index is -3.76. The Balaban J connectivity index is 1.53. The molecule has 0 fully saturated rings. The van der Waals surface area contributed by atoms with E-state index in [1.54, 1.807) is 17.0 Å². The van der Waals surface area contributed by atoms with Gasteiger partial charge in [-0.2, -0.15) is 9.29 Å². The van der Waals surface area contributed by atoms with Crippen molar-refractivity contribution in [3.63, 3.8) is 0 Å². The fourth-order valence-corrected chi connectivity index (χ4v) is 4.84. The fraction of sp³-hybridized carbons (Fsp3) is 0.318. The van der Waals surface area contributed by atoms with Gasteiger partial charge >= 0.3 is 0 Å². The molecule has 1 aliphatic rings. The van der Waals surface area contributed by atoms with Crippen LogP contribution in [0.25, 0.3) is 11.4 Å². The molecule has 1 aromatic heterocycles. The maximum absolute atomic E-state index is 13.1. The van der Waals surface area contributed by atoms with Crippen molar-refractivity contribution in [2.75, 3.05) is 18.5 Å². The smallest absolute Gasteiger partial charge is 0.243 e. The van der Waals surface area contributed by atoms with Gasteiger partial charge in [-0.1, -0.05) is 35.8 Å². The molecule has 0 saturated heterocycles. The van der Waals surface area contributed by atoms with Gasteiger partial charge in [-0.15, -0.1) is 0 Å². The van der Waals surface area contributed by atoms with Gasteiger partial charge in [0.2, 0.25) is 27.6 Å². The van der Waals surface area contributed by atoms with Crippen LogP contribution in [0.15, 0.2) is 51.9 Å². The lowest BCUT2D eigenvalue weighted by molar-refractivity contribution is -0.118. The minimum Gasteiger partial charge on any atom is -0.338 e. The number of carbonyl (C=O) groups is 1. The predicted octanol–water partition coefficient (Wildman–Crippen LogP) is 3.16. The van der Waals surface area contributed by atoms with Crippen molar-refractivity contribution in [2.24, 2.45) is 0 Å². The van der Waals surface area contributed by atoms with Crippen LogP contribution in [0.4, 0.5) is 5.69 Å². The molecule has 9 heteroatoms. The summed E-state index contributed by atoms with van der Waals surface area (Å²) in [5, 5.41) is 3.97. The lowest BCUT2D eigenvalue weighted by Crippen LogP contribution is -2.28. The molecule has 1 amide bonds. The van der Waals surface area contributed by atoms with Crippen LogP contribution in [-0.2, 0) is 27.8 Å². The lowest BCUT2D eigenvalue weighted by Gasteiger charge is -2.18. The third-order valence-electron chi connectivity index (χ3n) is 5.36. The Bertz CT molecular complexity index is 1240. The zero-order valence-electron chi connectivity index (χ0n) is 17.7. The Kier molecular flexibility index (Phi) is 5.63. The van der Waals surface area contributed by atoms with Gasteiger partial charge in [0.1, 0.15) is 0 Å². The van der Waals surface area contributed by atoms with Gasteiger partial charge in [-0.25, -0.2) is 8.42 Å². The van der Waals surface area contributed by atoms with E-state index in [9.17, 15) is 13.2 Å². The van der Waals surface area contributed by atoms with Crippen LogP contribution in [0.5, 0.6) is 0 Å². The normalized spacial score (nSPS) is 13.6. The quantitative estimate of drug-likeness (QED) is 0.584. The second-order valence-corrected chi connectivity index (χ2v) is 9.63.